The molecule has 3 fully saturated rings. The van der Waals surface area contributed by atoms with Gasteiger partial charge in [-0.1, -0.05) is 13.8 Å². The van der Waals surface area contributed by atoms with Gasteiger partial charge in [0.25, 0.3) is 0 Å². The van der Waals surface area contributed by atoms with E-state index in [0.717, 1.165) is 24.9 Å². The number of benzene rings is 1. The molecule has 1 saturated heterocycles. The highest BCUT2D eigenvalue weighted by molar-refractivity contribution is 5.88. The SMILES string of the molecule is COc1ccc(/C=N\N2C[C@@]3(C)[C@@H]4CC[C@@]3(C)[C@@]2(C(N)=O)C4)cc1OC. The zero-order valence-corrected chi connectivity index (χ0v) is 15.9. The van der Waals surface area contributed by atoms with Crippen molar-refractivity contribution in [1.82, 2.24) is 5.01 Å². The number of amides is 1. The predicted molar refractivity (Wildman–Crippen MR) is 99.3 cm³/mol. The van der Waals surface area contributed by atoms with Gasteiger partial charge in [0.1, 0.15) is 5.54 Å². The molecule has 4 rings (SSSR count). The van der Waals surface area contributed by atoms with Crippen LogP contribution in [-0.4, -0.2) is 43.4 Å². The average Bonchev–Trinajstić information content (AvgIpc) is 3.08. The van der Waals surface area contributed by atoms with E-state index in [1.54, 1.807) is 20.4 Å². The maximum atomic E-state index is 12.6. The second kappa shape index (κ2) is 5.38. The van der Waals surface area contributed by atoms with Gasteiger partial charge in [-0.05, 0) is 54.4 Å². The third-order valence-corrected chi connectivity index (χ3v) is 7.69. The van der Waals surface area contributed by atoms with Crippen LogP contribution in [0.4, 0.5) is 0 Å². The molecule has 4 bridgehead atoms. The summed E-state index contributed by atoms with van der Waals surface area (Å²) in [5, 5.41) is 6.68. The Morgan fingerprint density at radius 1 is 1.31 bits per heavy atom. The van der Waals surface area contributed by atoms with Crippen molar-refractivity contribution in [3.8, 4) is 11.5 Å². The lowest BCUT2D eigenvalue weighted by atomic mass is 9.65. The molecule has 2 saturated carbocycles. The number of methoxy groups -OCH3 is 2. The minimum Gasteiger partial charge on any atom is -0.493 e. The molecule has 1 aromatic rings. The molecule has 6 nitrogen and oxygen atoms in total. The molecule has 140 valence electrons. The van der Waals surface area contributed by atoms with Crippen LogP contribution in [0.3, 0.4) is 0 Å². The van der Waals surface area contributed by atoms with E-state index in [1.165, 1.54) is 6.42 Å². The van der Waals surface area contributed by atoms with Crippen molar-refractivity contribution in [1.29, 1.82) is 0 Å². The lowest BCUT2D eigenvalue weighted by Crippen LogP contribution is -2.60. The van der Waals surface area contributed by atoms with Gasteiger partial charge in [-0.15, -0.1) is 0 Å². The Balaban J connectivity index is 1.67. The summed E-state index contributed by atoms with van der Waals surface area (Å²) in [5.41, 5.74) is 6.17. The summed E-state index contributed by atoms with van der Waals surface area (Å²) in [6, 6.07) is 5.65. The summed E-state index contributed by atoms with van der Waals surface area (Å²) < 4.78 is 10.6. The van der Waals surface area contributed by atoms with Gasteiger partial charge < -0.3 is 15.2 Å². The van der Waals surface area contributed by atoms with E-state index in [1.807, 2.05) is 23.2 Å². The van der Waals surface area contributed by atoms with E-state index >= 15 is 0 Å². The second-order valence-electron chi connectivity index (χ2n) is 8.33. The van der Waals surface area contributed by atoms with Crippen molar-refractivity contribution in [2.24, 2.45) is 27.6 Å². The summed E-state index contributed by atoms with van der Waals surface area (Å²) in [6.07, 6.45) is 4.83. The van der Waals surface area contributed by atoms with Crippen LogP contribution in [0.1, 0.15) is 38.7 Å². The number of ether oxygens (including phenoxy) is 2. The van der Waals surface area contributed by atoms with Crippen LogP contribution >= 0.6 is 0 Å². The van der Waals surface area contributed by atoms with Crippen LogP contribution in [0, 0.1) is 16.7 Å². The lowest BCUT2D eigenvalue weighted by molar-refractivity contribution is -0.135. The highest BCUT2D eigenvalue weighted by atomic mass is 16.5. The van der Waals surface area contributed by atoms with Gasteiger partial charge in [-0.25, -0.2) is 0 Å². The van der Waals surface area contributed by atoms with E-state index in [2.05, 4.69) is 13.8 Å². The molecule has 0 spiro atoms. The number of nitrogens with two attached hydrogens (primary N) is 1. The number of carbonyl (C=O) groups excluding carboxylic acids is 1. The Morgan fingerprint density at radius 3 is 2.65 bits per heavy atom. The van der Waals surface area contributed by atoms with Crippen LogP contribution in [0.15, 0.2) is 23.3 Å². The van der Waals surface area contributed by atoms with Crippen molar-refractivity contribution >= 4 is 12.1 Å². The van der Waals surface area contributed by atoms with Crippen molar-refractivity contribution in [3.63, 3.8) is 0 Å². The molecule has 6 heteroatoms. The molecule has 4 atom stereocenters. The van der Waals surface area contributed by atoms with E-state index in [9.17, 15) is 4.79 Å². The van der Waals surface area contributed by atoms with Gasteiger partial charge >= 0.3 is 0 Å². The average molecular weight is 357 g/mol. The fraction of sp³-hybridized carbons (Fsp3) is 0.600. The minimum atomic E-state index is -0.669. The quantitative estimate of drug-likeness (QED) is 0.821. The molecule has 0 aromatic heterocycles. The monoisotopic (exact) mass is 357 g/mol. The smallest absolute Gasteiger partial charge is 0.245 e. The molecular formula is C20H27N3O3. The first-order chi connectivity index (χ1) is 12.3. The topological polar surface area (TPSA) is 77.1 Å². The molecule has 1 aromatic carbocycles. The van der Waals surface area contributed by atoms with E-state index in [-0.39, 0.29) is 16.7 Å². The zero-order valence-electron chi connectivity index (χ0n) is 15.9. The first-order valence-electron chi connectivity index (χ1n) is 9.16. The maximum absolute atomic E-state index is 12.6. The summed E-state index contributed by atoms with van der Waals surface area (Å²) in [4.78, 5) is 12.6. The zero-order chi connectivity index (χ0) is 18.7. The molecule has 2 N–H and O–H groups in total. The Morgan fingerprint density at radius 2 is 2.04 bits per heavy atom. The number of hydrazone groups is 1. The van der Waals surface area contributed by atoms with E-state index in [4.69, 9.17) is 20.3 Å². The Hall–Kier alpha value is -2.24. The molecule has 0 unspecified atom stereocenters. The lowest BCUT2D eigenvalue weighted by Gasteiger charge is -2.44. The largest absolute Gasteiger partial charge is 0.493 e. The highest BCUT2D eigenvalue weighted by Gasteiger charge is 2.80. The predicted octanol–water partition coefficient (Wildman–Crippen LogP) is 2.40. The van der Waals surface area contributed by atoms with Crippen LogP contribution in [-0.2, 0) is 4.79 Å². The fourth-order valence-corrected chi connectivity index (χ4v) is 5.95. The minimum absolute atomic E-state index is 0.0942. The number of nitrogens with zero attached hydrogens (tertiary/aromatic N) is 2. The Labute approximate surface area is 154 Å². The van der Waals surface area contributed by atoms with Crippen LogP contribution in [0.25, 0.3) is 0 Å². The molecule has 26 heavy (non-hydrogen) atoms. The normalized spacial score (nSPS) is 37.5. The van der Waals surface area contributed by atoms with Crippen molar-refractivity contribution < 1.29 is 14.3 Å². The molecule has 1 heterocycles. The molecule has 1 aliphatic heterocycles. The molecule has 1 amide bonds. The Bertz CT molecular complexity index is 795. The van der Waals surface area contributed by atoms with Gasteiger partial charge in [-0.2, -0.15) is 5.10 Å². The third kappa shape index (κ3) is 1.82. The number of piperidine rings is 1. The summed E-state index contributed by atoms with van der Waals surface area (Å²) in [6.45, 7) is 5.32. The van der Waals surface area contributed by atoms with Gasteiger partial charge in [0.15, 0.2) is 11.5 Å². The van der Waals surface area contributed by atoms with Crippen LogP contribution in [0.5, 0.6) is 11.5 Å². The van der Waals surface area contributed by atoms with Gasteiger partial charge in [0, 0.05) is 12.0 Å². The summed E-state index contributed by atoms with van der Waals surface area (Å²) in [5.74, 6) is 1.65. The highest BCUT2D eigenvalue weighted by Crippen LogP contribution is 2.75. The second-order valence-corrected chi connectivity index (χ2v) is 8.33. The number of primary amides is 1. The van der Waals surface area contributed by atoms with Crippen LogP contribution in [0.2, 0.25) is 0 Å². The summed E-state index contributed by atoms with van der Waals surface area (Å²) in [7, 11) is 3.22. The first kappa shape index (κ1) is 17.2. The third-order valence-electron chi connectivity index (χ3n) is 7.69. The number of hydrogen-bond donors (Lipinski definition) is 1. The van der Waals surface area contributed by atoms with Crippen molar-refractivity contribution in [2.75, 3.05) is 20.8 Å². The van der Waals surface area contributed by atoms with Gasteiger partial charge in [0.2, 0.25) is 5.91 Å². The summed E-state index contributed by atoms with van der Waals surface area (Å²) >= 11 is 0. The first-order valence-corrected chi connectivity index (χ1v) is 9.16. The number of carbonyl (C=O) groups is 1. The molecule has 0 radical (unpaired) electrons. The number of rotatable bonds is 5. The fourth-order valence-electron chi connectivity index (χ4n) is 5.95. The molecule has 3 aliphatic rings. The van der Waals surface area contributed by atoms with E-state index < -0.39 is 5.54 Å². The van der Waals surface area contributed by atoms with E-state index in [0.29, 0.717) is 17.4 Å². The molecular weight excluding hydrogens is 330 g/mol. The van der Waals surface area contributed by atoms with Crippen molar-refractivity contribution in [2.45, 2.75) is 38.6 Å². The van der Waals surface area contributed by atoms with Crippen LogP contribution < -0.4 is 15.2 Å². The standard InChI is InChI=1S/C20H27N3O3/c1-18-12-23(20(17(21)24)10-14(18)7-8-19(18,20)2)22-11-13-5-6-15(25-3)16(9-13)26-4/h5-6,9,11,14H,7-8,10,12H2,1-4H3,(H2,21,24)/b22-11-/t14-,18+,19-,20+/m1/s1. The number of hydrogen-bond acceptors (Lipinski definition) is 5. The molecule has 2 aliphatic carbocycles. The Kier molecular flexibility index (Phi) is 3.56. The van der Waals surface area contributed by atoms with Gasteiger partial charge in [-0.3, -0.25) is 9.80 Å². The van der Waals surface area contributed by atoms with Gasteiger partial charge in [0.05, 0.1) is 20.4 Å². The maximum Gasteiger partial charge on any atom is 0.245 e. The van der Waals surface area contributed by atoms with Crippen molar-refractivity contribution in [3.05, 3.63) is 23.8 Å².